The van der Waals surface area contributed by atoms with Crippen LogP contribution in [0.4, 0.5) is 5.69 Å². The first-order chi connectivity index (χ1) is 17.4. The van der Waals surface area contributed by atoms with Gasteiger partial charge in [0.2, 0.25) is 11.8 Å². The first-order valence-corrected chi connectivity index (χ1v) is 12.9. The summed E-state index contributed by atoms with van der Waals surface area (Å²) in [5, 5.41) is -0.113. The van der Waals surface area contributed by atoms with Crippen molar-refractivity contribution in [1.82, 2.24) is 4.98 Å². The van der Waals surface area contributed by atoms with Crippen molar-refractivity contribution in [3.63, 3.8) is 0 Å². The van der Waals surface area contributed by atoms with Crippen molar-refractivity contribution in [2.45, 2.75) is 23.1 Å². The first kappa shape index (κ1) is 24.1. The number of fused-ring (bicyclic) bond motifs is 2. The van der Waals surface area contributed by atoms with Crippen LogP contribution in [0.3, 0.4) is 0 Å². The molecule has 1 N–H and O–H groups in total. The van der Waals surface area contributed by atoms with Gasteiger partial charge in [0.05, 0.1) is 30.3 Å². The number of carbonyl (C=O) groups excluding carboxylic acids is 3. The van der Waals surface area contributed by atoms with E-state index in [2.05, 4.69) is 4.98 Å². The predicted octanol–water partition coefficient (Wildman–Crippen LogP) is 3.18. The summed E-state index contributed by atoms with van der Waals surface area (Å²) in [6.07, 6.45) is 0. The van der Waals surface area contributed by atoms with Gasteiger partial charge in [-0.3, -0.25) is 14.4 Å². The molecular formula is C25H22N2O7S2. The number of amides is 2. The van der Waals surface area contributed by atoms with Crippen LogP contribution in [0.1, 0.15) is 23.3 Å². The molecule has 9 nitrogen and oxygen atoms in total. The van der Waals surface area contributed by atoms with E-state index in [-0.39, 0.29) is 29.9 Å². The summed E-state index contributed by atoms with van der Waals surface area (Å²) < 4.78 is 15.7. The van der Waals surface area contributed by atoms with Crippen LogP contribution >= 0.6 is 23.1 Å². The van der Waals surface area contributed by atoms with Crippen molar-refractivity contribution >= 4 is 46.6 Å². The van der Waals surface area contributed by atoms with E-state index in [1.807, 2.05) is 6.07 Å². The number of benzene rings is 2. The van der Waals surface area contributed by atoms with Crippen molar-refractivity contribution in [2.24, 2.45) is 5.92 Å². The fraction of sp³-hybridized carbons (Fsp3) is 0.280. The maximum absolute atomic E-state index is 13.8. The molecule has 5 rings (SSSR count). The van der Waals surface area contributed by atoms with Crippen molar-refractivity contribution in [2.75, 3.05) is 25.2 Å². The summed E-state index contributed by atoms with van der Waals surface area (Å²) >= 11 is 2.25. The predicted molar refractivity (Wildman–Crippen MR) is 134 cm³/mol. The number of nitrogens with one attached hydrogen (secondary N) is 1. The minimum absolute atomic E-state index is 0.251. The van der Waals surface area contributed by atoms with E-state index in [9.17, 15) is 19.2 Å². The highest BCUT2D eigenvalue weighted by atomic mass is 32.2. The molecule has 1 aromatic heterocycles. The molecule has 2 aliphatic heterocycles. The quantitative estimate of drug-likeness (QED) is 0.369. The molecule has 0 saturated carbocycles. The second kappa shape index (κ2) is 9.82. The monoisotopic (exact) mass is 526 g/mol. The molecule has 1 fully saturated rings. The number of thioether (sulfide) groups is 1. The number of aromatic nitrogens is 1. The van der Waals surface area contributed by atoms with Crippen LogP contribution in [-0.2, 0) is 19.1 Å². The Bertz CT molecular complexity index is 1380. The van der Waals surface area contributed by atoms with Crippen LogP contribution < -0.4 is 19.2 Å². The molecule has 0 unspecified atom stereocenters. The third kappa shape index (κ3) is 4.28. The van der Waals surface area contributed by atoms with E-state index in [1.165, 1.54) is 16.7 Å². The highest BCUT2D eigenvalue weighted by molar-refractivity contribution is 8.00. The van der Waals surface area contributed by atoms with Gasteiger partial charge in [0.25, 0.3) is 0 Å². The number of carbonyl (C=O) groups is 3. The Hall–Kier alpha value is -3.57. The molecule has 0 bridgehead atoms. The van der Waals surface area contributed by atoms with E-state index in [0.29, 0.717) is 32.7 Å². The molecule has 186 valence electrons. The fourth-order valence-corrected chi connectivity index (χ4v) is 7.02. The summed E-state index contributed by atoms with van der Waals surface area (Å²) in [7, 11) is 1.54. The van der Waals surface area contributed by atoms with Crippen LogP contribution in [0.5, 0.6) is 11.5 Å². The first-order valence-electron chi connectivity index (χ1n) is 11.2. The lowest BCUT2D eigenvalue weighted by Gasteiger charge is -2.30. The molecule has 3 heterocycles. The minimum Gasteiger partial charge on any atom is -0.497 e. The molecule has 0 aliphatic carbocycles. The van der Waals surface area contributed by atoms with Gasteiger partial charge in [-0.15, -0.1) is 0 Å². The molecule has 11 heteroatoms. The number of ether oxygens (including phenoxy) is 3. The van der Waals surface area contributed by atoms with Crippen LogP contribution in [0.2, 0.25) is 0 Å². The summed E-state index contributed by atoms with van der Waals surface area (Å²) in [6, 6.07) is 13.8. The van der Waals surface area contributed by atoms with Crippen molar-refractivity contribution in [3.8, 4) is 11.5 Å². The second-order valence-electron chi connectivity index (χ2n) is 8.13. The number of H-pyrrole nitrogens is 1. The van der Waals surface area contributed by atoms with Gasteiger partial charge in [-0.25, -0.2) is 9.69 Å². The van der Waals surface area contributed by atoms with E-state index in [0.717, 1.165) is 11.3 Å². The lowest BCUT2D eigenvalue weighted by atomic mass is 9.83. The minimum atomic E-state index is -0.719. The SMILES string of the molecule is CCOC(=O)COc1cccc([C@@H]2c3sc(=O)[nH]c3S[C@H]3C(=O)N(c4ccc(OC)cc4)C(=O)[C@@H]23)c1. The topological polar surface area (TPSA) is 115 Å². The maximum Gasteiger partial charge on any atom is 0.344 e. The number of aromatic amines is 1. The van der Waals surface area contributed by atoms with Gasteiger partial charge in [-0.2, -0.15) is 0 Å². The van der Waals surface area contributed by atoms with E-state index in [4.69, 9.17) is 14.2 Å². The van der Waals surface area contributed by atoms with Crippen LogP contribution in [0.15, 0.2) is 58.4 Å². The van der Waals surface area contributed by atoms with Gasteiger partial charge in [0, 0.05) is 10.8 Å². The summed E-state index contributed by atoms with van der Waals surface area (Å²) in [5.74, 6) is -1.39. The van der Waals surface area contributed by atoms with E-state index < -0.39 is 23.1 Å². The Morgan fingerprint density at radius 2 is 1.83 bits per heavy atom. The lowest BCUT2D eigenvalue weighted by molar-refractivity contribution is -0.145. The highest BCUT2D eigenvalue weighted by Crippen LogP contribution is 2.53. The average molecular weight is 527 g/mol. The number of anilines is 1. The van der Waals surface area contributed by atoms with Crippen LogP contribution in [0, 0.1) is 5.92 Å². The van der Waals surface area contributed by atoms with Crippen molar-refractivity contribution < 1.29 is 28.6 Å². The second-order valence-corrected chi connectivity index (χ2v) is 10.3. The molecule has 36 heavy (non-hydrogen) atoms. The molecule has 0 spiro atoms. The molecule has 1 saturated heterocycles. The number of imide groups is 1. The lowest BCUT2D eigenvalue weighted by Crippen LogP contribution is -2.32. The maximum atomic E-state index is 13.8. The Kier molecular flexibility index (Phi) is 6.59. The molecule has 2 amide bonds. The van der Waals surface area contributed by atoms with Crippen molar-refractivity contribution in [1.29, 1.82) is 0 Å². The van der Waals surface area contributed by atoms with E-state index in [1.54, 1.807) is 56.5 Å². The Balaban J connectivity index is 1.52. The Labute approximate surface area is 214 Å². The zero-order valence-corrected chi connectivity index (χ0v) is 21.0. The normalized spacial score (nSPS) is 20.6. The number of thiazole rings is 1. The zero-order chi connectivity index (χ0) is 25.4. The van der Waals surface area contributed by atoms with Crippen LogP contribution in [-0.4, -0.2) is 48.3 Å². The molecule has 3 aromatic rings. The molecular weight excluding hydrogens is 504 g/mol. The van der Waals surface area contributed by atoms with Gasteiger partial charge >= 0.3 is 10.8 Å². The number of esters is 1. The fourth-order valence-electron chi connectivity index (χ4n) is 4.50. The molecule has 2 aliphatic rings. The summed E-state index contributed by atoms with van der Waals surface area (Å²) in [4.78, 5) is 55.7. The Morgan fingerprint density at radius 1 is 1.06 bits per heavy atom. The number of methoxy groups -OCH3 is 1. The van der Waals surface area contributed by atoms with Gasteiger partial charge < -0.3 is 19.2 Å². The van der Waals surface area contributed by atoms with Gasteiger partial charge in [0.15, 0.2) is 6.61 Å². The summed E-state index contributed by atoms with van der Waals surface area (Å²) in [6.45, 7) is 1.71. The molecule has 3 atom stereocenters. The number of nitrogens with zero attached hydrogens (tertiary/aromatic N) is 1. The molecule has 2 aromatic carbocycles. The van der Waals surface area contributed by atoms with Gasteiger partial charge in [-0.05, 0) is 48.9 Å². The number of hydrogen-bond donors (Lipinski definition) is 1. The number of hydrogen-bond acceptors (Lipinski definition) is 9. The smallest absolute Gasteiger partial charge is 0.344 e. The summed E-state index contributed by atoms with van der Waals surface area (Å²) in [5.41, 5.74) is 1.17. The zero-order valence-electron chi connectivity index (χ0n) is 19.4. The van der Waals surface area contributed by atoms with Crippen LogP contribution in [0.25, 0.3) is 0 Å². The third-order valence-electron chi connectivity index (χ3n) is 6.03. The number of rotatable bonds is 7. The van der Waals surface area contributed by atoms with E-state index >= 15 is 0 Å². The largest absolute Gasteiger partial charge is 0.497 e. The third-order valence-corrected chi connectivity index (χ3v) is 8.43. The highest BCUT2D eigenvalue weighted by Gasteiger charge is 2.56. The van der Waals surface area contributed by atoms with Gasteiger partial charge in [0.1, 0.15) is 16.7 Å². The Morgan fingerprint density at radius 3 is 2.56 bits per heavy atom. The van der Waals surface area contributed by atoms with Gasteiger partial charge in [-0.1, -0.05) is 35.2 Å². The average Bonchev–Trinajstić information content (AvgIpc) is 3.37. The van der Waals surface area contributed by atoms with Crippen molar-refractivity contribution in [3.05, 3.63) is 68.6 Å². The standard InChI is InChI=1S/C25H22N2O7S2/c1-3-33-17(28)12-34-16-6-4-5-13(11-16)18-19-21(35-22-20(18)36-25(31)26-22)24(30)27(23(19)29)14-7-9-15(32-2)10-8-14/h4-11,18-19,21H,3,12H2,1-2H3,(H,26,31)/t18-,19-,21+/m0/s1. The molecule has 0 radical (unpaired) electrons.